The van der Waals surface area contributed by atoms with Crippen LogP contribution in [0.1, 0.15) is 65.6 Å². The van der Waals surface area contributed by atoms with Gasteiger partial charge in [-0.05, 0) is 60.7 Å². The second kappa shape index (κ2) is 14.7. The lowest BCUT2D eigenvalue weighted by molar-refractivity contribution is -0.161. The second-order valence-corrected chi connectivity index (χ2v) is 11.3. The highest BCUT2D eigenvalue weighted by molar-refractivity contribution is 6.05. The highest BCUT2D eigenvalue weighted by atomic mass is 19.4. The first kappa shape index (κ1) is 34.8. The summed E-state index contributed by atoms with van der Waals surface area (Å²) in [7, 11) is 0. The van der Waals surface area contributed by atoms with Crippen molar-refractivity contribution < 1.29 is 41.4 Å². The van der Waals surface area contributed by atoms with E-state index in [1.54, 1.807) is 6.07 Å². The van der Waals surface area contributed by atoms with E-state index in [9.17, 15) is 27.6 Å². The minimum atomic E-state index is -4.93. The molecule has 1 saturated carbocycles. The van der Waals surface area contributed by atoms with E-state index >= 15 is 4.39 Å². The molecule has 49 heavy (non-hydrogen) atoms. The number of anilines is 1. The summed E-state index contributed by atoms with van der Waals surface area (Å²) in [6.45, 7) is 3.13. The lowest BCUT2D eigenvalue weighted by Crippen LogP contribution is -2.34. The van der Waals surface area contributed by atoms with Crippen molar-refractivity contribution in [2.75, 3.05) is 11.9 Å². The zero-order valence-electron chi connectivity index (χ0n) is 26.3. The van der Waals surface area contributed by atoms with Gasteiger partial charge in [-0.25, -0.2) is 13.9 Å². The number of benzene rings is 3. The van der Waals surface area contributed by atoms with Crippen molar-refractivity contribution in [2.45, 2.75) is 45.2 Å². The SMILES string of the molecule is CC(=O)OC(C)OC(=O)NC(=N)c1cccc(-n2nc(C(F)(F)F)cc2C(=O)Nc2cc(C(NCC3CC3)c3ccccc3)ccc2F)c1. The average Bonchev–Trinajstić information content (AvgIpc) is 3.75. The van der Waals surface area contributed by atoms with E-state index in [4.69, 9.17) is 14.9 Å². The van der Waals surface area contributed by atoms with Crippen molar-refractivity contribution in [1.82, 2.24) is 20.4 Å². The van der Waals surface area contributed by atoms with E-state index < -0.39 is 53.5 Å². The third kappa shape index (κ3) is 9.07. The largest absolute Gasteiger partial charge is 0.435 e. The number of alkyl carbamates (subject to hydrolysis) is 1. The molecule has 5 rings (SSSR count). The highest BCUT2D eigenvalue weighted by Gasteiger charge is 2.36. The van der Waals surface area contributed by atoms with Crippen LogP contribution in [0.3, 0.4) is 0 Å². The first-order valence-corrected chi connectivity index (χ1v) is 15.2. The molecule has 256 valence electrons. The fourth-order valence-corrected chi connectivity index (χ4v) is 4.97. The maximum Gasteiger partial charge on any atom is 0.435 e. The molecule has 1 aromatic heterocycles. The molecule has 2 amide bonds. The van der Waals surface area contributed by atoms with Gasteiger partial charge in [-0.1, -0.05) is 48.5 Å². The van der Waals surface area contributed by atoms with Crippen molar-refractivity contribution in [3.63, 3.8) is 0 Å². The Bertz CT molecular complexity index is 1860. The van der Waals surface area contributed by atoms with Gasteiger partial charge in [0.05, 0.1) is 17.4 Å². The third-order valence-electron chi connectivity index (χ3n) is 7.46. The van der Waals surface area contributed by atoms with Crippen LogP contribution in [0.15, 0.2) is 78.9 Å². The van der Waals surface area contributed by atoms with Crippen LogP contribution in [-0.2, 0) is 20.4 Å². The molecular formula is C34H32F4N6O5. The molecule has 2 unspecified atom stereocenters. The van der Waals surface area contributed by atoms with Crippen molar-refractivity contribution in [3.05, 3.63) is 113 Å². The summed E-state index contributed by atoms with van der Waals surface area (Å²) in [5, 5.41) is 19.8. The molecule has 15 heteroatoms. The molecule has 4 aromatic rings. The van der Waals surface area contributed by atoms with Gasteiger partial charge in [0, 0.05) is 25.5 Å². The van der Waals surface area contributed by atoms with Gasteiger partial charge in [0.1, 0.15) is 17.3 Å². The summed E-state index contributed by atoms with van der Waals surface area (Å²) in [4.78, 5) is 36.7. The van der Waals surface area contributed by atoms with E-state index in [0.29, 0.717) is 22.2 Å². The molecule has 0 saturated heterocycles. The van der Waals surface area contributed by atoms with Crippen molar-refractivity contribution >= 4 is 29.5 Å². The normalized spacial score (nSPS) is 14.0. The highest BCUT2D eigenvalue weighted by Crippen LogP contribution is 2.32. The van der Waals surface area contributed by atoms with E-state index in [2.05, 4.69) is 21.0 Å². The number of esters is 1. The number of carbonyl (C=O) groups excluding carboxylic acids is 3. The smallest absolute Gasteiger partial charge is 0.426 e. The Morgan fingerprint density at radius 1 is 0.980 bits per heavy atom. The number of alkyl halides is 3. The summed E-state index contributed by atoms with van der Waals surface area (Å²) in [5.74, 6) is -2.56. The van der Waals surface area contributed by atoms with E-state index in [1.807, 2.05) is 30.3 Å². The number of aromatic nitrogens is 2. The standard InChI is InChI=1S/C34H32F4N6O5/c1-19(45)48-20(2)49-33(47)42-31(39)24-9-6-10-25(15-24)44-28(17-29(43-44)34(36,37)38)32(46)41-27-16-23(13-14-26(27)35)30(40-18-21-11-12-21)22-7-4-3-5-8-22/h3-10,13-17,20-21,30,40H,11-12,18H2,1-2H3,(H,41,46)(H2,39,42,47). The number of nitrogens with zero attached hydrogens (tertiary/aromatic N) is 2. The number of hydrogen-bond acceptors (Lipinski definition) is 8. The first-order chi connectivity index (χ1) is 23.3. The minimum Gasteiger partial charge on any atom is -0.426 e. The lowest BCUT2D eigenvalue weighted by atomic mass is 9.97. The van der Waals surface area contributed by atoms with Crippen LogP contribution in [0.5, 0.6) is 0 Å². The van der Waals surface area contributed by atoms with Gasteiger partial charge in [0.25, 0.3) is 5.91 Å². The summed E-state index contributed by atoms with van der Waals surface area (Å²) in [5.41, 5.74) is -0.737. The summed E-state index contributed by atoms with van der Waals surface area (Å²) in [6.07, 6.45) is -5.11. The van der Waals surface area contributed by atoms with Gasteiger partial charge in [0.2, 0.25) is 6.29 Å². The predicted octanol–water partition coefficient (Wildman–Crippen LogP) is 6.33. The van der Waals surface area contributed by atoms with Crippen molar-refractivity contribution in [2.24, 2.45) is 5.92 Å². The molecule has 1 aliphatic rings. The summed E-state index contributed by atoms with van der Waals surface area (Å²) >= 11 is 0. The zero-order chi connectivity index (χ0) is 35.3. The van der Waals surface area contributed by atoms with Gasteiger partial charge < -0.3 is 20.1 Å². The van der Waals surface area contributed by atoms with Gasteiger partial charge in [-0.3, -0.25) is 20.3 Å². The van der Waals surface area contributed by atoms with Crippen LogP contribution >= 0.6 is 0 Å². The second-order valence-electron chi connectivity index (χ2n) is 11.3. The van der Waals surface area contributed by atoms with Crippen LogP contribution in [0, 0.1) is 17.1 Å². The van der Waals surface area contributed by atoms with E-state index in [0.717, 1.165) is 31.9 Å². The molecule has 11 nitrogen and oxygen atoms in total. The molecule has 1 fully saturated rings. The van der Waals surface area contributed by atoms with Gasteiger partial charge in [0.15, 0.2) is 5.69 Å². The monoisotopic (exact) mass is 680 g/mol. The minimum absolute atomic E-state index is 0.00871. The lowest BCUT2D eigenvalue weighted by Gasteiger charge is -2.21. The summed E-state index contributed by atoms with van der Waals surface area (Å²) < 4.78 is 66.8. The molecule has 1 aliphatic carbocycles. The number of halogens is 4. The number of amides is 2. The molecule has 1 heterocycles. The number of hydrogen-bond donors (Lipinski definition) is 4. The molecule has 0 aliphatic heterocycles. The topological polar surface area (TPSA) is 147 Å². The van der Waals surface area contributed by atoms with Gasteiger partial charge in [-0.15, -0.1) is 0 Å². The third-order valence-corrected chi connectivity index (χ3v) is 7.46. The van der Waals surface area contributed by atoms with Gasteiger partial charge in [-0.2, -0.15) is 18.3 Å². The number of ether oxygens (including phenoxy) is 2. The molecule has 2 atom stereocenters. The van der Waals surface area contributed by atoms with Crippen LogP contribution in [-0.4, -0.2) is 46.4 Å². The quantitative estimate of drug-likeness (QED) is 0.0476. The van der Waals surface area contributed by atoms with Crippen LogP contribution in [0.4, 0.5) is 28.0 Å². The Morgan fingerprint density at radius 3 is 2.39 bits per heavy atom. The molecule has 0 spiro atoms. The molecular weight excluding hydrogens is 648 g/mol. The maximum atomic E-state index is 15.1. The number of amidine groups is 1. The maximum absolute atomic E-state index is 15.1. The van der Waals surface area contributed by atoms with E-state index in [1.165, 1.54) is 43.3 Å². The molecule has 3 aromatic carbocycles. The molecule has 0 radical (unpaired) electrons. The first-order valence-electron chi connectivity index (χ1n) is 15.2. The number of nitrogens with one attached hydrogen (secondary N) is 4. The fraction of sp³-hybridized carbons (Fsp3) is 0.265. The van der Waals surface area contributed by atoms with Crippen LogP contribution in [0.2, 0.25) is 0 Å². The predicted molar refractivity (Wildman–Crippen MR) is 170 cm³/mol. The number of carbonyl (C=O) groups is 3. The van der Waals surface area contributed by atoms with Crippen LogP contribution in [0.25, 0.3) is 5.69 Å². The van der Waals surface area contributed by atoms with Gasteiger partial charge >= 0.3 is 18.2 Å². The number of rotatable bonds is 11. The Morgan fingerprint density at radius 2 is 1.71 bits per heavy atom. The zero-order valence-corrected chi connectivity index (χ0v) is 26.3. The summed E-state index contributed by atoms with van der Waals surface area (Å²) in [6, 6.07) is 19.1. The Balaban J connectivity index is 1.41. The molecule has 4 N–H and O–H groups in total. The van der Waals surface area contributed by atoms with Crippen molar-refractivity contribution in [3.8, 4) is 5.69 Å². The van der Waals surface area contributed by atoms with E-state index in [-0.39, 0.29) is 23.0 Å². The van der Waals surface area contributed by atoms with Crippen molar-refractivity contribution in [1.29, 1.82) is 5.41 Å². The van der Waals surface area contributed by atoms with Crippen LogP contribution < -0.4 is 16.0 Å². The average molecular weight is 681 g/mol. The Labute approximate surface area is 278 Å². The Hall–Kier alpha value is -5.57. The Kier molecular flexibility index (Phi) is 10.4. The fourth-order valence-electron chi connectivity index (χ4n) is 4.97. The molecule has 0 bridgehead atoms.